The third-order valence-corrected chi connectivity index (χ3v) is 4.84. The zero-order chi connectivity index (χ0) is 17.5. The highest BCUT2D eigenvalue weighted by atomic mass is 16.3. The van der Waals surface area contributed by atoms with Gasteiger partial charge in [0.05, 0.1) is 6.26 Å². The van der Waals surface area contributed by atoms with E-state index in [1.165, 1.54) is 31.5 Å². The summed E-state index contributed by atoms with van der Waals surface area (Å²) in [6, 6.07) is 12.4. The number of nitrogens with one attached hydrogen (secondary N) is 1. The van der Waals surface area contributed by atoms with Gasteiger partial charge in [0.1, 0.15) is 5.76 Å². The van der Waals surface area contributed by atoms with Crippen LogP contribution in [-0.4, -0.2) is 23.9 Å². The maximum Gasteiger partial charge on any atom is 0.220 e. The minimum atomic E-state index is 0.0581. The van der Waals surface area contributed by atoms with Crippen molar-refractivity contribution in [1.82, 2.24) is 10.2 Å². The molecule has 0 radical (unpaired) electrons. The van der Waals surface area contributed by atoms with Crippen LogP contribution in [0.1, 0.15) is 43.1 Å². The maximum atomic E-state index is 11.9. The van der Waals surface area contributed by atoms with Crippen molar-refractivity contribution in [3.05, 3.63) is 59.5 Å². The van der Waals surface area contributed by atoms with E-state index in [2.05, 4.69) is 41.4 Å². The highest BCUT2D eigenvalue weighted by Crippen LogP contribution is 2.18. The van der Waals surface area contributed by atoms with Crippen molar-refractivity contribution >= 4 is 5.91 Å². The number of nitrogens with zero attached hydrogens (tertiary/aromatic N) is 1. The number of hydrogen-bond donors (Lipinski definition) is 1. The minimum absolute atomic E-state index is 0.0581. The molecule has 1 aromatic carbocycles. The Hall–Kier alpha value is -2.07. The third-order valence-electron chi connectivity index (χ3n) is 4.84. The van der Waals surface area contributed by atoms with Crippen LogP contribution in [0.2, 0.25) is 0 Å². The van der Waals surface area contributed by atoms with Gasteiger partial charge in [-0.1, -0.05) is 31.2 Å². The molecule has 3 rings (SSSR count). The molecule has 1 fully saturated rings. The first kappa shape index (κ1) is 17.7. The second-order valence-electron chi connectivity index (χ2n) is 7.16. The first-order valence-corrected chi connectivity index (χ1v) is 9.28. The standard InChI is InChI=1S/C21H28N2O2/c1-17-4-2-12-23(15-17)16-19-8-6-18(7-9-19)14-22-21(24)11-10-20-5-3-13-25-20/h3,5-9,13,17H,2,4,10-12,14-16H2,1H3,(H,22,24). The molecule has 2 heterocycles. The van der Waals surface area contributed by atoms with Crippen LogP contribution >= 0.6 is 0 Å². The smallest absolute Gasteiger partial charge is 0.220 e. The molecule has 1 saturated heterocycles. The highest BCUT2D eigenvalue weighted by molar-refractivity contribution is 5.76. The molecule has 0 bridgehead atoms. The van der Waals surface area contributed by atoms with Crippen LogP contribution in [0.4, 0.5) is 0 Å². The Morgan fingerprint density at radius 1 is 1.24 bits per heavy atom. The van der Waals surface area contributed by atoms with Crippen molar-refractivity contribution in [2.45, 2.75) is 45.7 Å². The van der Waals surface area contributed by atoms with Crippen molar-refractivity contribution in [3.8, 4) is 0 Å². The molecule has 1 N–H and O–H groups in total. The van der Waals surface area contributed by atoms with Gasteiger partial charge in [-0.3, -0.25) is 9.69 Å². The second-order valence-corrected chi connectivity index (χ2v) is 7.16. The predicted molar refractivity (Wildman–Crippen MR) is 99.0 cm³/mol. The van der Waals surface area contributed by atoms with Gasteiger partial charge in [0.25, 0.3) is 0 Å². The Bertz CT molecular complexity index is 649. The molecule has 1 unspecified atom stereocenters. The zero-order valence-electron chi connectivity index (χ0n) is 15.0. The average molecular weight is 340 g/mol. The molecular weight excluding hydrogens is 312 g/mol. The number of rotatable bonds is 7. The number of carbonyl (C=O) groups is 1. The number of furan rings is 1. The van der Waals surface area contributed by atoms with Crippen molar-refractivity contribution in [1.29, 1.82) is 0 Å². The van der Waals surface area contributed by atoms with Crippen LogP contribution in [0, 0.1) is 5.92 Å². The number of aryl methyl sites for hydroxylation is 1. The van der Waals surface area contributed by atoms with E-state index in [0.29, 0.717) is 19.4 Å². The summed E-state index contributed by atoms with van der Waals surface area (Å²) < 4.78 is 5.24. The van der Waals surface area contributed by atoms with Gasteiger partial charge < -0.3 is 9.73 Å². The SMILES string of the molecule is CC1CCCN(Cc2ccc(CNC(=O)CCc3ccco3)cc2)C1. The summed E-state index contributed by atoms with van der Waals surface area (Å²) in [5, 5.41) is 2.98. The lowest BCUT2D eigenvalue weighted by Gasteiger charge is -2.30. The lowest BCUT2D eigenvalue weighted by molar-refractivity contribution is -0.121. The van der Waals surface area contributed by atoms with Gasteiger partial charge in [0, 0.05) is 32.5 Å². The number of piperidine rings is 1. The van der Waals surface area contributed by atoms with Crippen LogP contribution in [-0.2, 0) is 24.3 Å². The molecule has 1 aromatic heterocycles. The van der Waals surface area contributed by atoms with E-state index in [0.717, 1.165) is 23.8 Å². The first-order chi connectivity index (χ1) is 12.2. The van der Waals surface area contributed by atoms with Crippen LogP contribution in [0.15, 0.2) is 47.1 Å². The molecule has 134 valence electrons. The molecule has 1 amide bonds. The van der Waals surface area contributed by atoms with E-state index >= 15 is 0 Å². The molecule has 1 aliphatic rings. The van der Waals surface area contributed by atoms with Gasteiger partial charge in [-0.25, -0.2) is 0 Å². The molecule has 25 heavy (non-hydrogen) atoms. The molecule has 4 heteroatoms. The molecular formula is C21H28N2O2. The molecule has 0 aliphatic carbocycles. The fourth-order valence-electron chi connectivity index (χ4n) is 3.43. The largest absolute Gasteiger partial charge is 0.469 e. The Morgan fingerprint density at radius 3 is 2.76 bits per heavy atom. The van der Waals surface area contributed by atoms with Gasteiger partial charge >= 0.3 is 0 Å². The van der Waals surface area contributed by atoms with Crippen LogP contribution in [0.25, 0.3) is 0 Å². The topological polar surface area (TPSA) is 45.5 Å². The monoisotopic (exact) mass is 340 g/mol. The summed E-state index contributed by atoms with van der Waals surface area (Å²) in [7, 11) is 0. The number of benzene rings is 1. The molecule has 0 saturated carbocycles. The van der Waals surface area contributed by atoms with E-state index in [1.54, 1.807) is 6.26 Å². The molecule has 1 aliphatic heterocycles. The quantitative estimate of drug-likeness (QED) is 0.835. The molecule has 4 nitrogen and oxygen atoms in total. The van der Waals surface area contributed by atoms with Crippen LogP contribution < -0.4 is 5.32 Å². The summed E-state index contributed by atoms with van der Waals surface area (Å²) >= 11 is 0. The predicted octanol–water partition coefficient (Wildman–Crippen LogP) is 3.76. The van der Waals surface area contributed by atoms with Crippen LogP contribution in [0.3, 0.4) is 0 Å². The van der Waals surface area contributed by atoms with Gasteiger partial charge in [0.15, 0.2) is 0 Å². The van der Waals surface area contributed by atoms with Crippen molar-refractivity contribution < 1.29 is 9.21 Å². The van der Waals surface area contributed by atoms with E-state index in [9.17, 15) is 4.79 Å². The van der Waals surface area contributed by atoms with Gasteiger partial charge in [-0.2, -0.15) is 0 Å². The Kier molecular flexibility index (Phi) is 6.29. The second kappa shape index (κ2) is 8.86. The van der Waals surface area contributed by atoms with Gasteiger partial charge in [0.2, 0.25) is 5.91 Å². The Balaban J connectivity index is 1.40. The van der Waals surface area contributed by atoms with Gasteiger partial charge in [-0.15, -0.1) is 0 Å². The zero-order valence-corrected chi connectivity index (χ0v) is 15.0. The highest BCUT2D eigenvalue weighted by Gasteiger charge is 2.16. The number of hydrogen-bond acceptors (Lipinski definition) is 3. The summed E-state index contributed by atoms with van der Waals surface area (Å²) in [5.74, 6) is 1.72. The molecule has 2 aromatic rings. The maximum absolute atomic E-state index is 11.9. The Morgan fingerprint density at radius 2 is 2.04 bits per heavy atom. The third kappa shape index (κ3) is 5.75. The lowest BCUT2D eigenvalue weighted by atomic mass is 9.99. The summed E-state index contributed by atoms with van der Waals surface area (Å²) in [6.07, 6.45) is 5.41. The fourth-order valence-corrected chi connectivity index (χ4v) is 3.43. The van der Waals surface area contributed by atoms with Crippen molar-refractivity contribution in [2.75, 3.05) is 13.1 Å². The summed E-state index contributed by atoms with van der Waals surface area (Å²) in [6.45, 7) is 6.35. The van der Waals surface area contributed by atoms with E-state index < -0.39 is 0 Å². The molecule has 0 spiro atoms. The van der Waals surface area contributed by atoms with Gasteiger partial charge in [-0.05, 0) is 48.6 Å². The van der Waals surface area contributed by atoms with Crippen molar-refractivity contribution in [2.24, 2.45) is 5.92 Å². The fraction of sp³-hybridized carbons (Fsp3) is 0.476. The normalized spacial score (nSPS) is 18.2. The Labute approximate surface area is 150 Å². The van der Waals surface area contributed by atoms with E-state index in [4.69, 9.17) is 4.42 Å². The van der Waals surface area contributed by atoms with Crippen molar-refractivity contribution in [3.63, 3.8) is 0 Å². The average Bonchev–Trinajstić information content (AvgIpc) is 3.13. The number of likely N-dealkylation sites (tertiary alicyclic amines) is 1. The number of carbonyl (C=O) groups excluding carboxylic acids is 1. The first-order valence-electron chi connectivity index (χ1n) is 9.28. The number of amides is 1. The lowest BCUT2D eigenvalue weighted by Crippen LogP contribution is -2.33. The van der Waals surface area contributed by atoms with E-state index in [-0.39, 0.29) is 5.91 Å². The summed E-state index contributed by atoms with van der Waals surface area (Å²) in [5.41, 5.74) is 2.49. The van der Waals surface area contributed by atoms with E-state index in [1.807, 2.05) is 12.1 Å². The minimum Gasteiger partial charge on any atom is -0.469 e. The van der Waals surface area contributed by atoms with Crippen LogP contribution in [0.5, 0.6) is 0 Å². The molecule has 1 atom stereocenters. The summed E-state index contributed by atoms with van der Waals surface area (Å²) in [4.78, 5) is 14.5.